The molecule has 34 heteroatoms. The van der Waals surface area contributed by atoms with Gasteiger partial charge in [0.1, 0.15) is 41.3 Å². The minimum Gasteiger partial charge on any atom is -0.481 e. The molecule has 1 aliphatic rings. The van der Waals surface area contributed by atoms with Crippen LogP contribution in [0.25, 0.3) is 43.7 Å². The molecule has 0 aliphatic carbocycles. The molecule has 0 saturated carbocycles. The van der Waals surface area contributed by atoms with Gasteiger partial charge in [-0.2, -0.15) is 4.98 Å². The molecule has 5 atom stereocenters. The number of nitrogens with one attached hydrogen (secondary N) is 10. The number of H-pyrrole nitrogens is 3. The van der Waals surface area contributed by atoms with Crippen molar-refractivity contribution < 1.29 is 68.0 Å². The maximum Gasteiger partial charge on any atom is 0.412 e. The van der Waals surface area contributed by atoms with Gasteiger partial charge in [-0.3, -0.25) is 43.3 Å². The molecule has 502 valence electrons. The molecule has 0 spiro atoms. The standard InChI is InChI=1S/C63H61ClN16O15S2/c64-24-33-28-80(59(89)45-21-32-19-35(13-14-41(32)74-45)72-56(86)43-20-31-5-1-4-8-40(31)73-43)47-23-48(37-6-2-3-7-38(37)51(33)47)95-63(94)67-17-18-96-97-29-46(61(92)93)77-57(87)44(22-50(82)83)76-55(85)39(65)27-69-49(81)16-15-42(60(90)91)75-54(84)30-9-11-34(12-10-30)68-25-36-26-70-53-52(71-36)58(88)79-62(66)78-53/h1-14,19-21,23,26,33,39,42,44,46,68,73-74H,15-18,22,24-25,27-29,65H2,(H,67,94)(H,69,81)(H,72,86)(H,75,84)(H,76,85)(H,77,87)(H,82,83)(H,90,91)(H,92,93)(H3,66,70,78,79,88)/t33?,39-,42+,44?,46-/m0/s1. The number of hydrogen-bond donors (Lipinski definition) is 15. The van der Waals surface area contributed by atoms with Gasteiger partial charge in [-0.15, -0.1) is 11.6 Å². The first-order chi connectivity index (χ1) is 46.6. The summed E-state index contributed by atoms with van der Waals surface area (Å²) in [6.07, 6.45) is -1.29. The minimum atomic E-state index is -1.83. The summed E-state index contributed by atoms with van der Waals surface area (Å²) in [5, 5.41) is 49.9. The van der Waals surface area contributed by atoms with Crippen LogP contribution in [0.15, 0.2) is 120 Å². The lowest BCUT2D eigenvalue weighted by Crippen LogP contribution is -2.57. The lowest BCUT2D eigenvalue weighted by Gasteiger charge is -2.22. The first-order valence-electron chi connectivity index (χ1n) is 29.7. The highest BCUT2D eigenvalue weighted by Crippen LogP contribution is 2.46. The van der Waals surface area contributed by atoms with E-state index in [1.165, 1.54) is 30.5 Å². The Hall–Kier alpha value is -11.3. The number of nitrogens with zero attached hydrogens (tertiary/aromatic N) is 4. The van der Waals surface area contributed by atoms with Crippen LogP contribution in [0.4, 0.5) is 27.8 Å². The topological polar surface area (TPSA) is 483 Å². The molecule has 0 fully saturated rings. The van der Waals surface area contributed by atoms with Crippen molar-refractivity contribution in [3.05, 3.63) is 154 Å². The molecule has 5 aromatic carbocycles. The molecule has 4 aromatic heterocycles. The van der Waals surface area contributed by atoms with Crippen LogP contribution in [0.5, 0.6) is 5.75 Å². The van der Waals surface area contributed by atoms with Crippen molar-refractivity contribution in [3.63, 3.8) is 0 Å². The molecule has 2 unspecified atom stereocenters. The fourth-order valence-corrected chi connectivity index (χ4v) is 12.8. The Kier molecular flexibility index (Phi) is 21.8. The summed E-state index contributed by atoms with van der Waals surface area (Å²) in [6.45, 7) is -0.185. The lowest BCUT2D eigenvalue weighted by atomic mass is 9.95. The summed E-state index contributed by atoms with van der Waals surface area (Å²) in [7, 11) is 2.13. The number of para-hydroxylation sites is 1. The van der Waals surface area contributed by atoms with Gasteiger partial charge in [-0.25, -0.2) is 24.4 Å². The lowest BCUT2D eigenvalue weighted by molar-refractivity contribution is -0.143. The van der Waals surface area contributed by atoms with Crippen molar-refractivity contribution in [2.45, 2.75) is 55.9 Å². The Morgan fingerprint density at radius 2 is 1.43 bits per heavy atom. The van der Waals surface area contributed by atoms with Gasteiger partial charge < -0.3 is 83.6 Å². The van der Waals surface area contributed by atoms with E-state index in [1.54, 1.807) is 53.4 Å². The van der Waals surface area contributed by atoms with E-state index in [0.717, 1.165) is 43.4 Å². The number of ether oxygens (including phenoxy) is 1. The predicted molar refractivity (Wildman–Crippen MR) is 362 cm³/mol. The highest BCUT2D eigenvalue weighted by atomic mass is 35.5. The number of benzene rings is 5. The third-order valence-corrected chi connectivity index (χ3v) is 18.1. The van der Waals surface area contributed by atoms with Crippen molar-refractivity contribution in [1.29, 1.82) is 0 Å². The zero-order valence-corrected chi connectivity index (χ0v) is 53.2. The maximum absolute atomic E-state index is 14.4. The van der Waals surface area contributed by atoms with E-state index in [4.69, 9.17) is 27.8 Å². The fraction of sp³-hybridized carbons (Fsp3) is 0.238. The van der Waals surface area contributed by atoms with Crippen molar-refractivity contribution in [3.8, 4) is 5.75 Å². The SMILES string of the molecule is Nc1nc2ncc(CNc3ccc(C(=O)N[C@H](CCC(=O)NC[C@H](N)C(=O)NC(CC(=O)O)C(=O)N[C@@H](CSSCCNC(=O)Oc4cc5c(c6ccccc46)C(CCl)CN5C(=O)c4cc5cc(NC(=O)c6cc7ccccc7[nH]6)ccc5[nH]4)C(=O)O)C(=O)O)cc3)nc2c(=O)[nH]1. The number of carbonyl (C=O) groups is 10. The first-order valence-corrected chi connectivity index (χ1v) is 32.7. The largest absolute Gasteiger partial charge is 0.481 e. The monoisotopic (exact) mass is 1380 g/mol. The van der Waals surface area contributed by atoms with E-state index >= 15 is 0 Å². The predicted octanol–water partition coefficient (Wildman–Crippen LogP) is 4.36. The smallest absolute Gasteiger partial charge is 0.412 e. The van der Waals surface area contributed by atoms with E-state index in [0.29, 0.717) is 44.7 Å². The molecule has 7 amide bonds. The molecule has 1 aliphatic heterocycles. The van der Waals surface area contributed by atoms with Crippen molar-refractivity contribution in [2.24, 2.45) is 5.73 Å². The molecule has 10 rings (SSSR count). The van der Waals surface area contributed by atoms with Crippen LogP contribution in [0.1, 0.15) is 67.8 Å². The van der Waals surface area contributed by atoms with E-state index in [-0.39, 0.29) is 88.9 Å². The van der Waals surface area contributed by atoms with Gasteiger partial charge in [0, 0.05) is 99.6 Å². The highest BCUT2D eigenvalue weighted by molar-refractivity contribution is 8.76. The third-order valence-electron chi connectivity index (χ3n) is 15.3. The number of aromatic nitrogens is 6. The summed E-state index contributed by atoms with van der Waals surface area (Å²) in [5.74, 6) is -9.14. The van der Waals surface area contributed by atoms with E-state index in [2.05, 4.69) is 67.1 Å². The van der Waals surface area contributed by atoms with Crippen molar-refractivity contribution in [2.75, 3.05) is 58.3 Å². The number of nitrogens with two attached hydrogens (primary N) is 2. The summed E-state index contributed by atoms with van der Waals surface area (Å²) in [5.41, 5.74) is 15.9. The number of fused-ring (bicyclic) bond motifs is 6. The normalized spacial score (nSPS) is 13.8. The molecule has 31 nitrogen and oxygen atoms in total. The molecular weight excluding hydrogens is 1320 g/mol. The van der Waals surface area contributed by atoms with Gasteiger partial charge in [0.05, 0.1) is 30.5 Å². The number of halogens is 1. The number of nitrogen functional groups attached to an aromatic ring is 1. The Bertz CT molecular complexity index is 4600. The van der Waals surface area contributed by atoms with Gasteiger partial charge in [-0.1, -0.05) is 64.1 Å². The number of aromatic amines is 3. The Morgan fingerprint density at radius 1 is 0.732 bits per heavy atom. The summed E-state index contributed by atoms with van der Waals surface area (Å²) in [6, 6.07) is 24.4. The molecule has 0 radical (unpaired) electrons. The number of aliphatic carboxylic acids is 3. The van der Waals surface area contributed by atoms with Gasteiger partial charge in [0.25, 0.3) is 23.3 Å². The van der Waals surface area contributed by atoms with Crippen LogP contribution in [-0.4, -0.2) is 166 Å². The number of carbonyl (C=O) groups excluding carboxylic acids is 7. The zero-order valence-electron chi connectivity index (χ0n) is 50.8. The average molecular weight is 1380 g/mol. The number of hydrogen-bond acceptors (Lipinski definition) is 20. The number of carboxylic acid groups (broad SMARTS) is 3. The van der Waals surface area contributed by atoms with Crippen LogP contribution < -0.4 is 63.9 Å². The number of alkyl halides is 1. The second kappa shape index (κ2) is 30.9. The number of carboxylic acids is 3. The van der Waals surface area contributed by atoms with Crippen LogP contribution >= 0.6 is 33.2 Å². The van der Waals surface area contributed by atoms with E-state index in [1.807, 2.05) is 36.4 Å². The quantitative estimate of drug-likeness (QED) is 0.0176. The van der Waals surface area contributed by atoms with Crippen LogP contribution in [0.3, 0.4) is 0 Å². The van der Waals surface area contributed by atoms with Crippen LogP contribution in [-0.2, 0) is 35.3 Å². The van der Waals surface area contributed by atoms with Gasteiger partial charge in [0.2, 0.25) is 23.7 Å². The van der Waals surface area contributed by atoms with Gasteiger partial charge in [0.15, 0.2) is 11.2 Å². The Morgan fingerprint density at radius 3 is 2.18 bits per heavy atom. The Balaban J connectivity index is 0.654. The molecular formula is C63H61ClN16O15S2. The molecule has 9 aromatic rings. The molecule has 0 bridgehead atoms. The van der Waals surface area contributed by atoms with E-state index < -0.39 is 103 Å². The molecule has 97 heavy (non-hydrogen) atoms. The van der Waals surface area contributed by atoms with E-state index in [9.17, 15) is 68.1 Å². The zero-order chi connectivity index (χ0) is 69.0. The summed E-state index contributed by atoms with van der Waals surface area (Å²) < 4.78 is 5.86. The third kappa shape index (κ3) is 17.0. The summed E-state index contributed by atoms with van der Waals surface area (Å²) >= 11 is 6.54. The molecule has 17 N–H and O–H groups in total. The van der Waals surface area contributed by atoms with Crippen LogP contribution in [0, 0.1) is 0 Å². The van der Waals surface area contributed by atoms with Crippen molar-refractivity contribution >= 4 is 159 Å². The molecule has 5 heterocycles. The highest BCUT2D eigenvalue weighted by Gasteiger charge is 2.37. The second-order valence-corrected chi connectivity index (χ2v) is 25.0. The van der Waals surface area contributed by atoms with Gasteiger partial charge >= 0.3 is 24.0 Å². The second-order valence-electron chi connectivity index (χ2n) is 22.0. The maximum atomic E-state index is 14.4. The van der Waals surface area contributed by atoms with Gasteiger partial charge in [-0.05, 0) is 78.0 Å². The molecule has 0 saturated heterocycles. The Labute approximate surface area is 560 Å². The first kappa shape index (κ1) is 68.6. The van der Waals surface area contributed by atoms with Crippen molar-refractivity contribution in [1.82, 2.24) is 56.5 Å². The summed E-state index contributed by atoms with van der Waals surface area (Å²) in [4.78, 5) is 164. The fourth-order valence-electron chi connectivity index (χ4n) is 10.5. The minimum absolute atomic E-state index is 0.0105. The number of anilines is 4. The van der Waals surface area contributed by atoms with Crippen LogP contribution in [0.2, 0.25) is 0 Å². The number of amides is 7. The average Bonchev–Trinajstić information content (AvgIpc) is 1.61. The number of rotatable bonds is 29.